The van der Waals surface area contributed by atoms with Gasteiger partial charge in [0.1, 0.15) is 17.8 Å². The van der Waals surface area contributed by atoms with Gasteiger partial charge in [-0.05, 0) is 23.1 Å². The highest BCUT2D eigenvalue weighted by Gasteiger charge is 2.23. The molecule has 0 saturated carbocycles. The van der Waals surface area contributed by atoms with E-state index in [4.69, 9.17) is 0 Å². The molecule has 0 aliphatic carbocycles. The molecule has 3 aromatic rings. The number of benzene rings is 2. The van der Waals surface area contributed by atoms with Crippen molar-refractivity contribution in [3.63, 3.8) is 0 Å². The van der Waals surface area contributed by atoms with Crippen LogP contribution in [0, 0.1) is 0 Å². The van der Waals surface area contributed by atoms with E-state index in [0.717, 1.165) is 25.3 Å². The summed E-state index contributed by atoms with van der Waals surface area (Å²) in [6, 6.07) is 20.3. The zero-order valence-corrected chi connectivity index (χ0v) is 15.4. The fraction of sp³-hybridized carbons (Fsp3) is 0.227. The third-order valence-corrected chi connectivity index (χ3v) is 4.94. The first-order valence-corrected chi connectivity index (χ1v) is 9.14. The van der Waals surface area contributed by atoms with Crippen LogP contribution in [0.5, 0.6) is 0 Å². The Balaban J connectivity index is 1.50. The topological polar surface area (TPSA) is 49.3 Å². The Bertz CT molecular complexity index is 942. The van der Waals surface area contributed by atoms with Crippen molar-refractivity contribution >= 4 is 11.7 Å². The van der Waals surface area contributed by atoms with Gasteiger partial charge in [-0.3, -0.25) is 4.79 Å². The Labute approximate surface area is 159 Å². The third kappa shape index (κ3) is 3.82. The molecule has 0 fully saturated rings. The van der Waals surface area contributed by atoms with Crippen LogP contribution in [0.2, 0.25) is 0 Å². The standard InChI is InChI=1S/C22H22N4O/c1-25(14-17-7-3-2-4-8-17)21-13-20(23-16-24-21)22(27)26-12-11-18-9-5-6-10-19(18)15-26/h2-10,13,16H,11-12,14-15H2,1H3. The van der Waals surface area contributed by atoms with Gasteiger partial charge in [0.15, 0.2) is 0 Å². The van der Waals surface area contributed by atoms with Crippen LogP contribution in [0.3, 0.4) is 0 Å². The molecule has 0 N–H and O–H groups in total. The molecule has 1 aliphatic rings. The molecule has 0 bridgehead atoms. The van der Waals surface area contributed by atoms with Gasteiger partial charge < -0.3 is 9.80 Å². The minimum atomic E-state index is -0.0405. The zero-order chi connectivity index (χ0) is 18.6. The van der Waals surface area contributed by atoms with Crippen LogP contribution in [0.1, 0.15) is 27.2 Å². The number of rotatable bonds is 4. The number of anilines is 1. The number of fused-ring (bicyclic) bond motifs is 1. The van der Waals surface area contributed by atoms with E-state index < -0.39 is 0 Å². The van der Waals surface area contributed by atoms with E-state index in [1.54, 1.807) is 6.07 Å². The fourth-order valence-corrected chi connectivity index (χ4v) is 3.44. The minimum absolute atomic E-state index is 0.0405. The van der Waals surface area contributed by atoms with E-state index in [9.17, 15) is 4.79 Å². The van der Waals surface area contributed by atoms with Gasteiger partial charge >= 0.3 is 0 Å². The van der Waals surface area contributed by atoms with Crippen LogP contribution in [0.25, 0.3) is 0 Å². The Kier molecular flexibility index (Phi) is 4.83. The number of carbonyl (C=O) groups is 1. The predicted octanol–water partition coefficient (Wildman–Crippen LogP) is 3.31. The number of aromatic nitrogens is 2. The van der Waals surface area contributed by atoms with Gasteiger partial charge in [0.2, 0.25) is 0 Å². The van der Waals surface area contributed by atoms with Crippen molar-refractivity contribution < 1.29 is 4.79 Å². The first kappa shape index (κ1) is 17.2. The van der Waals surface area contributed by atoms with Gasteiger partial charge in [-0.2, -0.15) is 0 Å². The monoisotopic (exact) mass is 358 g/mol. The van der Waals surface area contributed by atoms with E-state index in [-0.39, 0.29) is 5.91 Å². The molecule has 0 radical (unpaired) electrons. The summed E-state index contributed by atoms with van der Waals surface area (Å²) in [4.78, 5) is 25.4. The van der Waals surface area contributed by atoms with Crippen LogP contribution < -0.4 is 4.90 Å². The summed E-state index contributed by atoms with van der Waals surface area (Å²) in [6.45, 7) is 2.08. The normalized spacial score (nSPS) is 13.1. The molecular formula is C22H22N4O. The van der Waals surface area contributed by atoms with Crippen LogP contribution in [0.4, 0.5) is 5.82 Å². The lowest BCUT2D eigenvalue weighted by Gasteiger charge is -2.28. The molecule has 136 valence electrons. The number of amides is 1. The van der Waals surface area contributed by atoms with Gasteiger partial charge in [-0.15, -0.1) is 0 Å². The quantitative estimate of drug-likeness (QED) is 0.718. The molecule has 1 aliphatic heterocycles. The smallest absolute Gasteiger partial charge is 0.272 e. The van der Waals surface area contributed by atoms with E-state index in [0.29, 0.717) is 12.2 Å². The summed E-state index contributed by atoms with van der Waals surface area (Å²) in [5, 5.41) is 0. The predicted molar refractivity (Wildman–Crippen MR) is 105 cm³/mol. The summed E-state index contributed by atoms with van der Waals surface area (Å²) in [7, 11) is 1.97. The second-order valence-corrected chi connectivity index (χ2v) is 6.85. The molecule has 0 spiro atoms. The molecule has 1 amide bonds. The van der Waals surface area contributed by atoms with Gasteiger partial charge in [-0.1, -0.05) is 54.6 Å². The van der Waals surface area contributed by atoms with Crippen molar-refractivity contribution in [3.8, 4) is 0 Å². The molecule has 4 rings (SSSR count). The molecule has 0 saturated heterocycles. The molecular weight excluding hydrogens is 336 g/mol. The SMILES string of the molecule is CN(Cc1ccccc1)c1cc(C(=O)N2CCc3ccccc3C2)ncn1. The number of hydrogen-bond donors (Lipinski definition) is 0. The Hall–Kier alpha value is -3.21. The lowest BCUT2D eigenvalue weighted by Crippen LogP contribution is -2.36. The average molecular weight is 358 g/mol. The van der Waals surface area contributed by atoms with Crippen LogP contribution in [0.15, 0.2) is 67.0 Å². The van der Waals surface area contributed by atoms with Gasteiger partial charge in [-0.25, -0.2) is 9.97 Å². The zero-order valence-electron chi connectivity index (χ0n) is 15.4. The van der Waals surface area contributed by atoms with Crippen LogP contribution in [-0.4, -0.2) is 34.4 Å². The van der Waals surface area contributed by atoms with Crippen LogP contribution in [-0.2, 0) is 19.5 Å². The third-order valence-electron chi connectivity index (χ3n) is 4.94. The van der Waals surface area contributed by atoms with E-state index >= 15 is 0 Å². The maximum Gasteiger partial charge on any atom is 0.272 e. The molecule has 1 aromatic heterocycles. The van der Waals surface area contributed by atoms with E-state index in [1.807, 2.05) is 41.1 Å². The van der Waals surface area contributed by atoms with Crippen molar-refractivity contribution in [3.05, 3.63) is 89.4 Å². The Morgan fingerprint density at radius 1 is 1.04 bits per heavy atom. The molecule has 5 heteroatoms. The second-order valence-electron chi connectivity index (χ2n) is 6.85. The van der Waals surface area contributed by atoms with Gasteiger partial charge in [0.25, 0.3) is 5.91 Å². The first-order chi connectivity index (χ1) is 13.2. The van der Waals surface area contributed by atoms with E-state index in [2.05, 4.69) is 40.3 Å². The first-order valence-electron chi connectivity index (χ1n) is 9.14. The minimum Gasteiger partial charge on any atom is -0.355 e. The Morgan fingerprint density at radius 3 is 2.59 bits per heavy atom. The molecule has 0 unspecified atom stereocenters. The van der Waals surface area contributed by atoms with Crippen molar-refractivity contribution in [2.24, 2.45) is 0 Å². The lowest BCUT2D eigenvalue weighted by atomic mass is 10.00. The molecule has 2 aromatic carbocycles. The molecule has 2 heterocycles. The Morgan fingerprint density at radius 2 is 1.78 bits per heavy atom. The number of hydrogen-bond acceptors (Lipinski definition) is 4. The highest BCUT2D eigenvalue weighted by molar-refractivity contribution is 5.93. The van der Waals surface area contributed by atoms with Crippen molar-refractivity contribution in [2.45, 2.75) is 19.5 Å². The van der Waals surface area contributed by atoms with Crippen molar-refractivity contribution in [1.29, 1.82) is 0 Å². The fourth-order valence-electron chi connectivity index (χ4n) is 3.44. The van der Waals surface area contributed by atoms with Crippen LogP contribution >= 0.6 is 0 Å². The summed E-state index contributed by atoms with van der Waals surface area (Å²) in [5.74, 6) is 0.705. The molecule has 5 nitrogen and oxygen atoms in total. The molecule has 0 atom stereocenters. The maximum atomic E-state index is 13.0. The van der Waals surface area contributed by atoms with Gasteiger partial charge in [0.05, 0.1) is 0 Å². The second kappa shape index (κ2) is 7.58. The molecule has 27 heavy (non-hydrogen) atoms. The largest absolute Gasteiger partial charge is 0.355 e. The van der Waals surface area contributed by atoms with E-state index in [1.165, 1.54) is 23.0 Å². The highest BCUT2D eigenvalue weighted by atomic mass is 16.2. The summed E-state index contributed by atoms with van der Waals surface area (Å²) in [6.07, 6.45) is 2.36. The highest BCUT2D eigenvalue weighted by Crippen LogP contribution is 2.21. The average Bonchev–Trinajstić information content (AvgIpc) is 2.73. The lowest BCUT2D eigenvalue weighted by molar-refractivity contribution is 0.0728. The van der Waals surface area contributed by atoms with Crippen molar-refractivity contribution in [1.82, 2.24) is 14.9 Å². The summed E-state index contributed by atoms with van der Waals surface area (Å²) < 4.78 is 0. The number of nitrogens with zero attached hydrogens (tertiary/aromatic N) is 4. The summed E-state index contributed by atoms with van der Waals surface area (Å²) >= 11 is 0. The number of carbonyl (C=O) groups excluding carboxylic acids is 1. The maximum absolute atomic E-state index is 13.0. The van der Waals surface area contributed by atoms with Gasteiger partial charge in [0, 0.05) is 32.7 Å². The summed E-state index contributed by atoms with van der Waals surface area (Å²) in [5.41, 5.74) is 4.18. The van der Waals surface area contributed by atoms with Crippen molar-refractivity contribution in [2.75, 3.05) is 18.5 Å².